The first-order valence-corrected chi connectivity index (χ1v) is 7.96. The molecule has 0 aromatic heterocycles. The van der Waals surface area contributed by atoms with Crippen molar-refractivity contribution in [2.45, 2.75) is 4.90 Å². The van der Waals surface area contributed by atoms with E-state index >= 15 is 0 Å². The predicted octanol–water partition coefficient (Wildman–Crippen LogP) is 3.78. The van der Waals surface area contributed by atoms with Gasteiger partial charge in [-0.3, -0.25) is 4.79 Å². The van der Waals surface area contributed by atoms with Gasteiger partial charge in [0.25, 0.3) is 0 Å². The number of nitrogens with one attached hydrogen (secondary N) is 1. The first-order chi connectivity index (χ1) is 11.0. The summed E-state index contributed by atoms with van der Waals surface area (Å²) in [5.74, 6) is -1.00. The number of methoxy groups -OCH3 is 1. The number of ether oxygens (including phenoxy) is 1. The van der Waals surface area contributed by atoms with Crippen molar-refractivity contribution in [2.75, 3.05) is 18.2 Å². The molecule has 0 aliphatic heterocycles. The monoisotopic (exact) mass is 351 g/mol. The highest BCUT2D eigenvalue weighted by molar-refractivity contribution is 8.00. The van der Waals surface area contributed by atoms with Crippen LogP contribution in [0.3, 0.4) is 0 Å². The first kappa shape index (κ1) is 17.2. The molecule has 0 fully saturated rings. The molecule has 2 rings (SSSR count). The number of hydrogen-bond acceptors (Lipinski definition) is 4. The second-order valence-electron chi connectivity index (χ2n) is 4.49. The number of carbonyl (C=O) groups excluding carboxylic acids is 1. The van der Waals surface area contributed by atoms with Crippen molar-refractivity contribution in [2.24, 2.45) is 0 Å². The van der Waals surface area contributed by atoms with Crippen molar-refractivity contribution in [3.05, 3.63) is 53.1 Å². The number of carbonyl (C=O) groups is 2. The lowest BCUT2D eigenvalue weighted by atomic mass is 10.2. The predicted molar refractivity (Wildman–Crippen MR) is 90.8 cm³/mol. The molecule has 7 heteroatoms. The Balaban J connectivity index is 2.11. The Labute approximate surface area is 142 Å². The normalized spacial score (nSPS) is 10.2. The zero-order chi connectivity index (χ0) is 16.8. The summed E-state index contributed by atoms with van der Waals surface area (Å²) >= 11 is 7.36. The fourth-order valence-electron chi connectivity index (χ4n) is 1.87. The molecule has 0 radical (unpaired) electrons. The molecule has 2 aromatic rings. The van der Waals surface area contributed by atoms with Crippen molar-refractivity contribution in [1.82, 2.24) is 0 Å². The van der Waals surface area contributed by atoms with Gasteiger partial charge in [0.15, 0.2) is 5.75 Å². The van der Waals surface area contributed by atoms with Crippen molar-refractivity contribution in [3.8, 4) is 5.75 Å². The molecule has 0 unspecified atom stereocenters. The van der Waals surface area contributed by atoms with Crippen molar-refractivity contribution in [1.29, 1.82) is 0 Å². The van der Waals surface area contributed by atoms with Crippen LogP contribution in [0.25, 0.3) is 0 Å². The molecule has 0 spiro atoms. The number of benzene rings is 2. The lowest BCUT2D eigenvalue weighted by Gasteiger charge is -2.12. The third kappa shape index (κ3) is 4.64. The summed E-state index contributed by atoms with van der Waals surface area (Å²) in [5, 5.41) is 11.8. The van der Waals surface area contributed by atoms with Gasteiger partial charge in [-0.2, -0.15) is 0 Å². The zero-order valence-electron chi connectivity index (χ0n) is 12.2. The zero-order valence-corrected chi connectivity index (χ0v) is 13.8. The van der Waals surface area contributed by atoms with Crippen LogP contribution in [0.2, 0.25) is 5.02 Å². The Morgan fingerprint density at radius 2 is 1.96 bits per heavy atom. The first-order valence-electron chi connectivity index (χ1n) is 6.59. The van der Waals surface area contributed by atoms with Gasteiger partial charge in [-0.1, -0.05) is 29.8 Å². The molecule has 2 aromatic carbocycles. The van der Waals surface area contributed by atoms with E-state index in [-0.39, 0.29) is 33.7 Å². The Hall–Kier alpha value is -2.18. The Morgan fingerprint density at radius 3 is 2.57 bits per heavy atom. The van der Waals surface area contributed by atoms with E-state index in [0.29, 0.717) is 0 Å². The summed E-state index contributed by atoms with van der Waals surface area (Å²) in [6.45, 7) is 0. The second-order valence-corrected chi connectivity index (χ2v) is 5.95. The summed E-state index contributed by atoms with van der Waals surface area (Å²) in [4.78, 5) is 24.1. The van der Waals surface area contributed by atoms with E-state index in [1.807, 2.05) is 30.3 Å². The quantitative estimate of drug-likeness (QED) is 0.775. The van der Waals surface area contributed by atoms with Crippen LogP contribution in [-0.2, 0) is 4.79 Å². The molecule has 5 nitrogen and oxygen atoms in total. The maximum absolute atomic E-state index is 12.1. The van der Waals surface area contributed by atoms with Gasteiger partial charge in [0, 0.05) is 4.90 Å². The smallest absolute Gasteiger partial charge is 0.335 e. The summed E-state index contributed by atoms with van der Waals surface area (Å²) in [7, 11) is 1.40. The number of halogens is 1. The summed E-state index contributed by atoms with van der Waals surface area (Å²) in [5.41, 5.74) is 0.206. The van der Waals surface area contributed by atoms with Crippen LogP contribution >= 0.6 is 23.4 Å². The van der Waals surface area contributed by atoms with Crippen LogP contribution in [0.15, 0.2) is 47.4 Å². The number of carboxylic acids is 1. The van der Waals surface area contributed by atoms with E-state index in [2.05, 4.69) is 5.32 Å². The van der Waals surface area contributed by atoms with Gasteiger partial charge >= 0.3 is 5.97 Å². The fraction of sp³-hybridized carbons (Fsp3) is 0.125. The van der Waals surface area contributed by atoms with Crippen molar-refractivity contribution < 1.29 is 19.4 Å². The number of amides is 1. The van der Waals surface area contributed by atoms with Gasteiger partial charge in [0.1, 0.15) is 0 Å². The van der Waals surface area contributed by atoms with E-state index in [4.69, 9.17) is 21.4 Å². The second kappa shape index (κ2) is 7.89. The largest absolute Gasteiger partial charge is 0.493 e. The number of rotatable bonds is 6. The van der Waals surface area contributed by atoms with Crippen molar-refractivity contribution >= 4 is 40.9 Å². The highest BCUT2D eigenvalue weighted by Crippen LogP contribution is 2.34. The number of thioether (sulfide) groups is 1. The molecule has 0 saturated carbocycles. The average Bonchev–Trinajstić information content (AvgIpc) is 2.53. The molecule has 0 bridgehead atoms. The Kier molecular flexibility index (Phi) is 5.90. The maximum Gasteiger partial charge on any atom is 0.335 e. The van der Waals surface area contributed by atoms with E-state index < -0.39 is 5.97 Å². The number of anilines is 1. The van der Waals surface area contributed by atoms with E-state index in [1.54, 1.807) is 0 Å². The number of hydrogen-bond donors (Lipinski definition) is 2. The number of aromatic carboxylic acids is 1. The molecule has 0 aliphatic rings. The van der Waals surface area contributed by atoms with Crippen LogP contribution in [0.5, 0.6) is 5.75 Å². The molecule has 0 aliphatic carbocycles. The Bertz CT molecular complexity index is 722. The van der Waals surface area contributed by atoms with Crippen LogP contribution in [0, 0.1) is 0 Å². The highest BCUT2D eigenvalue weighted by Gasteiger charge is 2.16. The summed E-state index contributed by atoms with van der Waals surface area (Å²) < 4.78 is 5.13. The fourth-order valence-corrected chi connectivity index (χ4v) is 2.89. The van der Waals surface area contributed by atoms with E-state index in [0.717, 1.165) is 4.90 Å². The molecule has 0 atom stereocenters. The van der Waals surface area contributed by atoms with Gasteiger partial charge in [0.2, 0.25) is 5.91 Å². The van der Waals surface area contributed by atoms with Gasteiger partial charge in [-0.25, -0.2) is 4.79 Å². The molecule has 2 N–H and O–H groups in total. The average molecular weight is 352 g/mol. The van der Waals surface area contributed by atoms with Crippen molar-refractivity contribution in [3.63, 3.8) is 0 Å². The summed E-state index contributed by atoms with van der Waals surface area (Å²) in [6, 6.07) is 12.1. The lowest BCUT2D eigenvalue weighted by molar-refractivity contribution is -0.113. The third-order valence-corrected chi connectivity index (χ3v) is 4.17. The number of carboxylic acid groups (broad SMARTS) is 1. The molecule has 0 saturated heterocycles. The van der Waals surface area contributed by atoms with Gasteiger partial charge < -0.3 is 15.2 Å². The standard InChI is InChI=1S/C16H14ClNO4S/c1-22-15-12(17)7-10(16(20)21)8-13(15)18-14(19)9-23-11-5-3-2-4-6-11/h2-8H,9H2,1H3,(H,18,19)(H,20,21). The minimum atomic E-state index is -1.14. The van der Waals surface area contributed by atoms with Crippen LogP contribution in [0.1, 0.15) is 10.4 Å². The van der Waals surface area contributed by atoms with Crippen LogP contribution < -0.4 is 10.1 Å². The summed E-state index contributed by atoms with van der Waals surface area (Å²) in [6.07, 6.45) is 0. The van der Waals surface area contributed by atoms with Crippen LogP contribution in [-0.4, -0.2) is 29.8 Å². The highest BCUT2D eigenvalue weighted by atomic mass is 35.5. The van der Waals surface area contributed by atoms with Gasteiger partial charge in [-0.05, 0) is 24.3 Å². The molecular formula is C16H14ClNO4S. The molecule has 0 heterocycles. The molecule has 1 amide bonds. The van der Waals surface area contributed by atoms with Gasteiger partial charge in [0.05, 0.1) is 29.1 Å². The maximum atomic E-state index is 12.1. The minimum Gasteiger partial charge on any atom is -0.493 e. The van der Waals surface area contributed by atoms with Crippen LogP contribution in [0.4, 0.5) is 5.69 Å². The molecule has 23 heavy (non-hydrogen) atoms. The topological polar surface area (TPSA) is 75.6 Å². The van der Waals surface area contributed by atoms with E-state index in [1.165, 1.54) is 31.0 Å². The SMILES string of the molecule is COc1c(Cl)cc(C(=O)O)cc1NC(=O)CSc1ccccc1. The minimum absolute atomic E-state index is 0.0261. The third-order valence-electron chi connectivity index (χ3n) is 2.88. The van der Waals surface area contributed by atoms with Gasteiger partial charge in [-0.15, -0.1) is 11.8 Å². The van der Waals surface area contributed by atoms with E-state index in [9.17, 15) is 9.59 Å². The molecule has 120 valence electrons. The lowest BCUT2D eigenvalue weighted by Crippen LogP contribution is -2.15. The molecular weight excluding hydrogens is 338 g/mol. The Morgan fingerprint density at radius 1 is 1.26 bits per heavy atom.